The molecule has 1 atom stereocenters. The Morgan fingerprint density at radius 2 is 2.32 bits per heavy atom. The number of furan rings is 1. The largest absolute Gasteiger partial charge is 0.453 e. The summed E-state index contributed by atoms with van der Waals surface area (Å²) in [5.74, 6) is 0.986. The molecule has 1 saturated heterocycles. The monoisotopic (exact) mass is 288 g/mol. The number of nitrogens with two attached hydrogens (primary N) is 1. The number of rotatable bonds is 4. The third-order valence-corrected chi connectivity index (χ3v) is 3.50. The molecule has 1 amide bonds. The summed E-state index contributed by atoms with van der Waals surface area (Å²) in [5, 5.41) is 0. The Hall–Kier alpha value is -1.04. The zero-order valence-corrected chi connectivity index (χ0v) is 12.2. The highest BCUT2D eigenvalue weighted by atomic mass is 35.5. The first-order valence-corrected chi connectivity index (χ1v) is 6.15. The van der Waals surface area contributed by atoms with Gasteiger partial charge in [0.15, 0.2) is 5.76 Å². The second-order valence-electron chi connectivity index (χ2n) is 5.19. The number of carbonyl (C=O) groups is 1. The molecule has 19 heavy (non-hydrogen) atoms. The lowest BCUT2D eigenvalue weighted by molar-refractivity contribution is 0.0737. The van der Waals surface area contributed by atoms with Gasteiger partial charge in [-0.15, -0.1) is 12.4 Å². The van der Waals surface area contributed by atoms with Gasteiger partial charge in [-0.05, 0) is 30.5 Å². The van der Waals surface area contributed by atoms with Crippen LogP contribution in [0.25, 0.3) is 0 Å². The molecule has 1 fully saturated rings. The summed E-state index contributed by atoms with van der Waals surface area (Å²) in [5.41, 5.74) is 5.77. The zero-order chi connectivity index (χ0) is 13.2. The Bertz CT molecular complexity index is 435. The van der Waals surface area contributed by atoms with Gasteiger partial charge in [0.2, 0.25) is 0 Å². The SMILES string of the molecule is COCc1ccc(C(=O)N2CCC(C)(CN)C2)o1.Cl. The highest BCUT2D eigenvalue weighted by molar-refractivity contribution is 5.91. The molecule has 2 rings (SSSR count). The van der Waals surface area contributed by atoms with Crippen LogP contribution in [0.3, 0.4) is 0 Å². The van der Waals surface area contributed by atoms with Crippen LogP contribution in [0.1, 0.15) is 29.7 Å². The summed E-state index contributed by atoms with van der Waals surface area (Å²) in [6, 6.07) is 3.48. The molecule has 1 unspecified atom stereocenters. The number of halogens is 1. The summed E-state index contributed by atoms with van der Waals surface area (Å²) in [6.45, 7) is 4.53. The number of likely N-dealkylation sites (tertiary alicyclic amines) is 1. The van der Waals surface area contributed by atoms with Gasteiger partial charge in [0.05, 0.1) is 0 Å². The van der Waals surface area contributed by atoms with E-state index >= 15 is 0 Å². The molecule has 5 nitrogen and oxygen atoms in total. The van der Waals surface area contributed by atoms with Crippen LogP contribution in [0.4, 0.5) is 0 Å². The van der Waals surface area contributed by atoms with Gasteiger partial charge in [0.25, 0.3) is 5.91 Å². The van der Waals surface area contributed by atoms with Crippen LogP contribution in [0.15, 0.2) is 16.5 Å². The van der Waals surface area contributed by atoms with Crippen LogP contribution in [-0.2, 0) is 11.3 Å². The maximum Gasteiger partial charge on any atom is 0.289 e. The van der Waals surface area contributed by atoms with E-state index in [2.05, 4.69) is 6.92 Å². The lowest BCUT2D eigenvalue weighted by Crippen LogP contribution is -2.34. The van der Waals surface area contributed by atoms with Crippen molar-refractivity contribution in [3.63, 3.8) is 0 Å². The molecule has 0 bridgehead atoms. The number of ether oxygens (including phenoxy) is 1. The van der Waals surface area contributed by atoms with Crippen LogP contribution in [0, 0.1) is 5.41 Å². The van der Waals surface area contributed by atoms with Gasteiger partial charge < -0.3 is 19.8 Å². The summed E-state index contributed by atoms with van der Waals surface area (Å²) < 4.78 is 10.4. The van der Waals surface area contributed by atoms with Gasteiger partial charge in [-0.2, -0.15) is 0 Å². The molecule has 0 spiro atoms. The van der Waals surface area contributed by atoms with Crippen molar-refractivity contribution in [1.82, 2.24) is 4.90 Å². The number of carbonyl (C=O) groups excluding carboxylic acids is 1. The lowest BCUT2D eigenvalue weighted by Gasteiger charge is -2.21. The molecule has 108 valence electrons. The Morgan fingerprint density at radius 3 is 2.89 bits per heavy atom. The van der Waals surface area contributed by atoms with Crippen molar-refractivity contribution in [2.24, 2.45) is 11.1 Å². The molecule has 2 N–H and O–H groups in total. The van der Waals surface area contributed by atoms with E-state index < -0.39 is 0 Å². The number of amides is 1. The van der Waals surface area contributed by atoms with E-state index in [0.717, 1.165) is 13.0 Å². The Labute approximate surface area is 119 Å². The van der Waals surface area contributed by atoms with Crippen molar-refractivity contribution >= 4 is 18.3 Å². The minimum absolute atomic E-state index is 0. The van der Waals surface area contributed by atoms with Crippen LogP contribution in [0.2, 0.25) is 0 Å². The lowest BCUT2D eigenvalue weighted by atomic mass is 9.90. The Morgan fingerprint density at radius 1 is 1.58 bits per heavy atom. The molecule has 0 aliphatic carbocycles. The third-order valence-electron chi connectivity index (χ3n) is 3.50. The first-order chi connectivity index (χ1) is 8.58. The smallest absolute Gasteiger partial charge is 0.289 e. The predicted octanol–water partition coefficient (Wildman–Crippen LogP) is 1.66. The first-order valence-electron chi connectivity index (χ1n) is 6.15. The van der Waals surface area contributed by atoms with Crippen molar-refractivity contribution in [3.8, 4) is 0 Å². The Kier molecular flexibility index (Phi) is 5.40. The molecular weight excluding hydrogens is 268 g/mol. The highest BCUT2D eigenvalue weighted by Gasteiger charge is 2.35. The van der Waals surface area contributed by atoms with E-state index in [1.807, 2.05) is 4.90 Å². The fourth-order valence-electron chi connectivity index (χ4n) is 2.23. The molecular formula is C13H21ClN2O3. The van der Waals surface area contributed by atoms with Crippen LogP contribution in [0.5, 0.6) is 0 Å². The van der Waals surface area contributed by atoms with Crippen LogP contribution >= 0.6 is 12.4 Å². The maximum absolute atomic E-state index is 12.2. The van der Waals surface area contributed by atoms with E-state index in [-0.39, 0.29) is 23.7 Å². The van der Waals surface area contributed by atoms with E-state index in [1.165, 1.54) is 0 Å². The van der Waals surface area contributed by atoms with E-state index in [0.29, 0.717) is 31.2 Å². The molecule has 1 aromatic heterocycles. The van der Waals surface area contributed by atoms with E-state index in [9.17, 15) is 4.79 Å². The van der Waals surface area contributed by atoms with Crippen LogP contribution < -0.4 is 5.73 Å². The van der Waals surface area contributed by atoms with E-state index in [4.69, 9.17) is 14.9 Å². The summed E-state index contributed by atoms with van der Waals surface area (Å²) in [4.78, 5) is 14.0. The van der Waals surface area contributed by atoms with Crippen molar-refractivity contribution in [3.05, 3.63) is 23.7 Å². The summed E-state index contributed by atoms with van der Waals surface area (Å²) >= 11 is 0. The van der Waals surface area contributed by atoms with Crippen molar-refractivity contribution < 1.29 is 13.9 Å². The zero-order valence-electron chi connectivity index (χ0n) is 11.3. The molecule has 1 aromatic rings. The van der Waals surface area contributed by atoms with Gasteiger partial charge in [-0.25, -0.2) is 0 Å². The maximum atomic E-state index is 12.2. The van der Waals surface area contributed by atoms with Crippen molar-refractivity contribution in [2.45, 2.75) is 20.0 Å². The van der Waals surface area contributed by atoms with Gasteiger partial charge in [-0.1, -0.05) is 6.92 Å². The van der Waals surface area contributed by atoms with E-state index in [1.54, 1.807) is 19.2 Å². The standard InChI is InChI=1S/C13H20N2O3.ClH/c1-13(8-14)5-6-15(9-13)12(16)11-4-3-10(18-11)7-17-2;/h3-4H,5-9,14H2,1-2H3;1H. The molecule has 2 heterocycles. The van der Waals surface area contributed by atoms with Gasteiger partial charge in [0, 0.05) is 20.2 Å². The first kappa shape index (κ1) is 16.0. The second-order valence-corrected chi connectivity index (χ2v) is 5.19. The normalized spacial score (nSPS) is 22.4. The number of hydrogen-bond acceptors (Lipinski definition) is 4. The molecule has 6 heteroatoms. The molecule has 0 saturated carbocycles. The predicted molar refractivity (Wildman–Crippen MR) is 74.4 cm³/mol. The Balaban J connectivity index is 0.00000180. The molecule has 0 aromatic carbocycles. The molecule has 1 aliphatic heterocycles. The van der Waals surface area contributed by atoms with Gasteiger partial charge in [0.1, 0.15) is 12.4 Å². The minimum atomic E-state index is -0.0606. The topological polar surface area (TPSA) is 68.7 Å². The highest BCUT2D eigenvalue weighted by Crippen LogP contribution is 2.29. The second kappa shape index (κ2) is 6.41. The third kappa shape index (κ3) is 3.49. The minimum Gasteiger partial charge on any atom is -0.453 e. The summed E-state index contributed by atoms with van der Waals surface area (Å²) in [6.07, 6.45) is 0.945. The van der Waals surface area contributed by atoms with Crippen molar-refractivity contribution in [1.29, 1.82) is 0 Å². The average Bonchev–Trinajstić information content (AvgIpc) is 2.97. The summed E-state index contributed by atoms with van der Waals surface area (Å²) in [7, 11) is 1.59. The fraction of sp³-hybridized carbons (Fsp3) is 0.615. The van der Waals surface area contributed by atoms with Gasteiger partial charge in [-0.3, -0.25) is 4.79 Å². The number of nitrogens with zero attached hydrogens (tertiary/aromatic N) is 1. The van der Waals surface area contributed by atoms with Crippen LogP contribution in [-0.4, -0.2) is 37.6 Å². The number of methoxy groups -OCH3 is 1. The fourth-order valence-corrected chi connectivity index (χ4v) is 2.23. The molecule has 0 radical (unpaired) electrons. The average molecular weight is 289 g/mol. The van der Waals surface area contributed by atoms with Crippen molar-refractivity contribution in [2.75, 3.05) is 26.7 Å². The van der Waals surface area contributed by atoms with Gasteiger partial charge >= 0.3 is 0 Å². The molecule has 1 aliphatic rings. The number of hydrogen-bond donors (Lipinski definition) is 1. The quantitative estimate of drug-likeness (QED) is 0.915.